The fourth-order valence-corrected chi connectivity index (χ4v) is 2.92. The Morgan fingerprint density at radius 1 is 1.39 bits per heavy atom. The highest BCUT2D eigenvalue weighted by Gasteiger charge is 2.28. The molecule has 1 aliphatic heterocycles. The Balaban J connectivity index is 2.01. The van der Waals surface area contributed by atoms with Gasteiger partial charge in [0, 0.05) is 25.2 Å². The Morgan fingerprint density at radius 2 is 2.09 bits per heavy atom. The summed E-state index contributed by atoms with van der Waals surface area (Å²) in [7, 11) is 1.61. The average molecular weight is 341 g/mol. The quantitative estimate of drug-likeness (QED) is 0.885. The molecule has 1 aromatic carbocycles. The van der Waals surface area contributed by atoms with Crippen LogP contribution in [0.3, 0.4) is 0 Å². The normalized spacial score (nSPS) is 23.2. The van der Waals surface area contributed by atoms with E-state index in [2.05, 4.69) is 5.32 Å². The van der Waals surface area contributed by atoms with E-state index in [1.165, 1.54) is 0 Å². The number of aliphatic hydroxyl groups is 1. The van der Waals surface area contributed by atoms with E-state index in [9.17, 15) is 9.90 Å². The van der Waals surface area contributed by atoms with Crippen LogP contribution in [0.25, 0.3) is 0 Å². The third kappa shape index (κ3) is 5.37. The molecule has 2 N–H and O–H groups in total. The molecular weight excluding hydrogens is 316 g/mol. The first kappa shape index (κ1) is 18.0. The van der Waals surface area contributed by atoms with Crippen LogP contribution in [0.1, 0.15) is 37.8 Å². The lowest BCUT2D eigenvalue weighted by molar-refractivity contribution is 0.0456. The zero-order valence-corrected chi connectivity index (χ0v) is 14.5. The predicted octanol–water partition coefficient (Wildman–Crippen LogP) is 2.97. The first-order valence-corrected chi connectivity index (χ1v) is 8.31. The van der Waals surface area contributed by atoms with Gasteiger partial charge in [-0.3, -0.25) is 0 Å². The summed E-state index contributed by atoms with van der Waals surface area (Å²) in [5, 5.41) is 13.8. The Hall–Kier alpha value is -1.30. The molecule has 0 aliphatic carbocycles. The Morgan fingerprint density at radius 3 is 2.74 bits per heavy atom. The second kappa shape index (κ2) is 7.99. The average Bonchev–Trinajstić information content (AvgIpc) is 2.68. The second-order valence-corrected chi connectivity index (χ2v) is 6.78. The minimum atomic E-state index is -0.683. The molecule has 2 amide bonds. The van der Waals surface area contributed by atoms with Crippen LogP contribution in [0.5, 0.6) is 0 Å². The molecule has 1 fully saturated rings. The van der Waals surface area contributed by atoms with Crippen molar-refractivity contribution < 1.29 is 14.6 Å². The number of hydrogen-bond acceptors (Lipinski definition) is 3. The number of likely N-dealkylation sites (tertiary alicyclic amines) is 1. The van der Waals surface area contributed by atoms with Crippen molar-refractivity contribution in [3.63, 3.8) is 0 Å². The van der Waals surface area contributed by atoms with Crippen LogP contribution in [0.15, 0.2) is 24.3 Å². The number of nitrogens with one attached hydrogen (secondary N) is 1. The van der Waals surface area contributed by atoms with Gasteiger partial charge in [-0.2, -0.15) is 0 Å². The SMILES string of the molecule is COC[C@@H](NC(=O)N1CCC[C@@](C)(O)CC1)c1ccc(Cl)cc1. The summed E-state index contributed by atoms with van der Waals surface area (Å²) in [6, 6.07) is 7.02. The highest BCUT2D eigenvalue weighted by Crippen LogP contribution is 2.22. The molecule has 5 nitrogen and oxygen atoms in total. The van der Waals surface area contributed by atoms with Crippen molar-refractivity contribution in [3.05, 3.63) is 34.9 Å². The molecule has 23 heavy (non-hydrogen) atoms. The molecule has 2 atom stereocenters. The van der Waals surface area contributed by atoms with Crippen molar-refractivity contribution >= 4 is 17.6 Å². The van der Waals surface area contributed by atoms with Gasteiger partial charge in [0.1, 0.15) is 0 Å². The number of amides is 2. The van der Waals surface area contributed by atoms with E-state index in [0.29, 0.717) is 31.1 Å². The van der Waals surface area contributed by atoms with E-state index >= 15 is 0 Å². The zero-order chi connectivity index (χ0) is 16.9. The highest BCUT2D eigenvalue weighted by molar-refractivity contribution is 6.30. The third-order valence-electron chi connectivity index (χ3n) is 4.25. The smallest absolute Gasteiger partial charge is 0.317 e. The van der Waals surface area contributed by atoms with Crippen LogP contribution in [0.4, 0.5) is 4.79 Å². The topological polar surface area (TPSA) is 61.8 Å². The number of nitrogens with zero attached hydrogens (tertiary/aromatic N) is 1. The number of carbonyl (C=O) groups excluding carboxylic acids is 1. The fraction of sp³-hybridized carbons (Fsp3) is 0.588. The lowest BCUT2D eigenvalue weighted by Gasteiger charge is -2.26. The third-order valence-corrected chi connectivity index (χ3v) is 4.51. The molecular formula is C17H25ClN2O3. The van der Waals surface area contributed by atoms with Crippen molar-refractivity contribution in [1.29, 1.82) is 0 Å². The number of urea groups is 1. The number of hydrogen-bond donors (Lipinski definition) is 2. The molecule has 0 spiro atoms. The van der Waals surface area contributed by atoms with Gasteiger partial charge in [-0.05, 0) is 43.9 Å². The van der Waals surface area contributed by atoms with E-state index in [-0.39, 0.29) is 12.1 Å². The van der Waals surface area contributed by atoms with E-state index < -0.39 is 5.60 Å². The van der Waals surface area contributed by atoms with Gasteiger partial charge in [0.05, 0.1) is 18.2 Å². The number of rotatable bonds is 4. The first-order valence-electron chi connectivity index (χ1n) is 7.93. The predicted molar refractivity (Wildman–Crippen MR) is 90.6 cm³/mol. The van der Waals surface area contributed by atoms with Crippen LogP contribution in [0, 0.1) is 0 Å². The van der Waals surface area contributed by atoms with Crippen LogP contribution in [0.2, 0.25) is 5.02 Å². The van der Waals surface area contributed by atoms with Crippen molar-refractivity contribution in [2.24, 2.45) is 0 Å². The van der Waals surface area contributed by atoms with Gasteiger partial charge in [-0.1, -0.05) is 23.7 Å². The lowest BCUT2D eigenvalue weighted by atomic mass is 9.98. The minimum Gasteiger partial charge on any atom is -0.390 e. The summed E-state index contributed by atoms with van der Waals surface area (Å²) < 4.78 is 5.23. The van der Waals surface area contributed by atoms with Crippen molar-refractivity contribution in [1.82, 2.24) is 10.2 Å². The van der Waals surface area contributed by atoms with Crippen molar-refractivity contribution in [3.8, 4) is 0 Å². The molecule has 1 heterocycles. The van der Waals surface area contributed by atoms with Crippen molar-refractivity contribution in [2.75, 3.05) is 26.8 Å². The summed E-state index contributed by atoms with van der Waals surface area (Å²) >= 11 is 5.92. The Kier molecular flexibility index (Phi) is 6.27. The number of halogens is 1. The monoisotopic (exact) mass is 340 g/mol. The Bertz CT molecular complexity index is 519. The fourth-order valence-electron chi connectivity index (χ4n) is 2.79. The maximum absolute atomic E-state index is 12.5. The second-order valence-electron chi connectivity index (χ2n) is 6.35. The number of ether oxygens (including phenoxy) is 1. The Labute approximate surface area is 142 Å². The molecule has 0 unspecified atom stereocenters. The van der Waals surface area contributed by atoms with Gasteiger partial charge < -0.3 is 20.1 Å². The molecule has 0 bridgehead atoms. The number of benzene rings is 1. The van der Waals surface area contributed by atoms with E-state index in [4.69, 9.17) is 16.3 Å². The standard InChI is InChI=1S/C17H25ClN2O3/c1-17(22)8-3-10-20(11-9-17)16(21)19-15(12-23-2)13-4-6-14(18)7-5-13/h4-7,15,22H,3,8-12H2,1-2H3,(H,19,21)/t15-,17-/m1/s1. The maximum Gasteiger partial charge on any atom is 0.317 e. The van der Waals surface area contributed by atoms with Crippen molar-refractivity contribution in [2.45, 2.75) is 37.8 Å². The minimum absolute atomic E-state index is 0.125. The molecule has 0 aromatic heterocycles. The van der Waals surface area contributed by atoms with Crippen LogP contribution >= 0.6 is 11.6 Å². The van der Waals surface area contributed by atoms with E-state index in [0.717, 1.165) is 18.4 Å². The lowest BCUT2D eigenvalue weighted by Crippen LogP contribution is -2.43. The summed E-state index contributed by atoms with van der Waals surface area (Å²) in [6.45, 7) is 3.43. The number of carbonyl (C=O) groups is 1. The molecule has 128 valence electrons. The summed E-state index contributed by atoms with van der Waals surface area (Å²) in [5.74, 6) is 0. The zero-order valence-electron chi connectivity index (χ0n) is 13.7. The molecule has 2 rings (SSSR count). The highest BCUT2D eigenvalue weighted by atomic mass is 35.5. The molecule has 1 aromatic rings. The van der Waals surface area contributed by atoms with Crippen LogP contribution in [-0.4, -0.2) is 48.4 Å². The summed E-state index contributed by atoms with van der Waals surface area (Å²) in [6.07, 6.45) is 2.11. The van der Waals surface area contributed by atoms with Crippen LogP contribution < -0.4 is 5.32 Å². The molecule has 0 radical (unpaired) electrons. The maximum atomic E-state index is 12.5. The molecule has 1 aliphatic rings. The number of methoxy groups -OCH3 is 1. The molecule has 0 saturated carbocycles. The van der Waals surface area contributed by atoms with Crippen LogP contribution in [-0.2, 0) is 4.74 Å². The van der Waals surface area contributed by atoms with Gasteiger partial charge in [0.2, 0.25) is 0 Å². The van der Waals surface area contributed by atoms with E-state index in [1.54, 1.807) is 24.1 Å². The first-order chi connectivity index (χ1) is 10.9. The molecule has 1 saturated heterocycles. The van der Waals surface area contributed by atoms with Gasteiger partial charge in [-0.25, -0.2) is 4.79 Å². The van der Waals surface area contributed by atoms with Gasteiger partial charge in [0.25, 0.3) is 0 Å². The van der Waals surface area contributed by atoms with Gasteiger partial charge in [0.15, 0.2) is 0 Å². The van der Waals surface area contributed by atoms with Gasteiger partial charge >= 0.3 is 6.03 Å². The largest absolute Gasteiger partial charge is 0.390 e. The summed E-state index contributed by atoms with van der Waals surface area (Å²) in [4.78, 5) is 14.3. The summed E-state index contributed by atoms with van der Waals surface area (Å²) in [5.41, 5.74) is 0.267. The molecule has 6 heteroatoms. The van der Waals surface area contributed by atoms with E-state index in [1.807, 2.05) is 19.1 Å². The van der Waals surface area contributed by atoms with Gasteiger partial charge in [-0.15, -0.1) is 0 Å².